The molecule has 0 unspecified atom stereocenters. The number of hydrogen-bond acceptors (Lipinski definition) is 4. The van der Waals surface area contributed by atoms with Crippen molar-refractivity contribution in [2.24, 2.45) is 5.14 Å². The molecule has 0 fully saturated rings. The summed E-state index contributed by atoms with van der Waals surface area (Å²) in [4.78, 5) is 11.5. The normalized spacial score (nSPS) is 11.7. The van der Waals surface area contributed by atoms with Crippen LogP contribution in [0.2, 0.25) is 0 Å². The van der Waals surface area contributed by atoms with Crippen molar-refractivity contribution in [1.82, 2.24) is 4.57 Å². The first kappa shape index (κ1) is 18.1. The largest absolute Gasteiger partial charge is 0.424 e. The van der Waals surface area contributed by atoms with Crippen molar-refractivity contribution in [2.75, 3.05) is 0 Å². The zero-order chi connectivity index (χ0) is 18.4. The van der Waals surface area contributed by atoms with Crippen molar-refractivity contribution >= 4 is 41.9 Å². The van der Waals surface area contributed by atoms with E-state index in [0.717, 1.165) is 16.6 Å². The van der Waals surface area contributed by atoms with Crippen molar-refractivity contribution in [3.8, 4) is 16.9 Å². The summed E-state index contributed by atoms with van der Waals surface area (Å²) < 4.78 is 44.4. The Balaban J connectivity index is 2.19. The minimum atomic E-state index is -4.18. The van der Waals surface area contributed by atoms with Crippen LogP contribution in [0.25, 0.3) is 16.9 Å². The predicted molar refractivity (Wildman–Crippen MR) is 96.5 cm³/mol. The van der Waals surface area contributed by atoms with E-state index in [1.54, 1.807) is 18.2 Å². The lowest BCUT2D eigenvalue weighted by Crippen LogP contribution is -2.15. The Morgan fingerprint density at radius 2 is 1.80 bits per heavy atom. The summed E-state index contributed by atoms with van der Waals surface area (Å²) in [7, 11) is -4.18. The van der Waals surface area contributed by atoms with Gasteiger partial charge in [-0.25, -0.2) is 27.3 Å². The van der Waals surface area contributed by atoms with Gasteiger partial charge in [0.2, 0.25) is 10.0 Å². The van der Waals surface area contributed by atoms with Gasteiger partial charge in [0.05, 0.1) is 11.4 Å². The van der Waals surface area contributed by atoms with E-state index in [9.17, 15) is 17.6 Å². The first-order valence-corrected chi connectivity index (χ1v) is 9.80. The Bertz CT molecular complexity index is 1140. The van der Waals surface area contributed by atoms with Crippen molar-refractivity contribution < 1.29 is 17.2 Å². The minimum absolute atomic E-state index is 0.259. The molecular weight excluding hydrogens is 483 g/mol. The SMILES string of the molecule is NS(=O)(=O)c1ccc(-c2coc(=O)n2-c2ccc(Br)c(Br)c2)cc1F. The molecule has 0 aliphatic heterocycles. The minimum Gasteiger partial charge on any atom is -0.415 e. The van der Waals surface area contributed by atoms with Gasteiger partial charge in [-0.2, -0.15) is 0 Å². The Hall–Kier alpha value is -1.75. The molecule has 6 nitrogen and oxygen atoms in total. The van der Waals surface area contributed by atoms with Gasteiger partial charge < -0.3 is 4.42 Å². The molecule has 2 N–H and O–H groups in total. The molecule has 1 aromatic heterocycles. The van der Waals surface area contributed by atoms with Crippen LogP contribution in [0.3, 0.4) is 0 Å². The van der Waals surface area contributed by atoms with Gasteiger partial charge >= 0.3 is 5.76 Å². The molecule has 25 heavy (non-hydrogen) atoms. The highest BCUT2D eigenvalue weighted by molar-refractivity contribution is 9.13. The summed E-state index contributed by atoms with van der Waals surface area (Å²) in [5.41, 5.74) is 1.01. The second-order valence-electron chi connectivity index (χ2n) is 5.01. The summed E-state index contributed by atoms with van der Waals surface area (Å²) in [5.74, 6) is -1.68. The van der Waals surface area contributed by atoms with E-state index >= 15 is 0 Å². The molecule has 0 aliphatic rings. The van der Waals surface area contributed by atoms with Crippen molar-refractivity contribution in [3.63, 3.8) is 0 Å². The molecule has 0 amide bonds. The van der Waals surface area contributed by atoms with Crippen molar-refractivity contribution in [2.45, 2.75) is 4.90 Å². The summed E-state index contributed by atoms with van der Waals surface area (Å²) >= 11 is 6.68. The first-order chi connectivity index (χ1) is 11.7. The number of halogens is 3. The molecule has 3 rings (SSSR count). The number of benzene rings is 2. The maximum Gasteiger partial charge on any atom is 0.424 e. The highest BCUT2D eigenvalue weighted by Gasteiger charge is 2.18. The Morgan fingerprint density at radius 1 is 1.08 bits per heavy atom. The number of nitrogens with two attached hydrogens (primary N) is 1. The molecule has 0 spiro atoms. The number of nitrogens with zero attached hydrogens (tertiary/aromatic N) is 1. The van der Waals surface area contributed by atoms with Gasteiger partial charge in [0.25, 0.3) is 0 Å². The van der Waals surface area contributed by atoms with Gasteiger partial charge in [0, 0.05) is 14.5 Å². The molecule has 2 aromatic carbocycles. The van der Waals surface area contributed by atoms with Gasteiger partial charge in [-0.3, -0.25) is 0 Å². The quantitative estimate of drug-likeness (QED) is 0.607. The van der Waals surface area contributed by atoms with Crippen LogP contribution in [0.4, 0.5) is 4.39 Å². The van der Waals surface area contributed by atoms with Crippen LogP contribution >= 0.6 is 31.9 Å². The number of oxazole rings is 1. The second kappa shape index (κ2) is 6.52. The maximum absolute atomic E-state index is 14.1. The fourth-order valence-corrected chi connectivity index (χ4v) is 3.47. The third kappa shape index (κ3) is 3.47. The van der Waals surface area contributed by atoms with Gasteiger partial charge in [0.15, 0.2) is 0 Å². The molecule has 10 heteroatoms. The maximum atomic E-state index is 14.1. The zero-order valence-electron chi connectivity index (χ0n) is 12.2. The van der Waals surface area contributed by atoms with Crippen LogP contribution in [0.5, 0.6) is 0 Å². The number of hydrogen-bond donors (Lipinski definition) is 1. The predicted octanol–water partition coefficient (Wildman–Crippen LogP) is 3.41. The molecule has 0 aliphatic carbocycles. The Kier molecular flexibility index (Phi) is 4.71. The van der Waals surface area contributed by atoms with Gasteiger partial charge in [0.1, 0.15) is 17.0 Å². The van der Waals surface area contributed by atoms with Crippen LogP contribution < -0.4 is 10.9 Å². The smallest absolute Gasteiger partial charge is 0.415 e. The fourth-order valence-electron chi connectivity index (χ4n) is 2.27. The third-order valence-electron chi connectivity index (χ3n) is 3.39. The fraction of sp³-hybridized carbons (Fsp3) is 0. The van der Waals surface area contributed by atoms with Crippen LogP contribution in [-0.4, -0.2) is 13.0 Å². The Morgan fingerprint density at radius 3 is 2.40 bits per heavy atom. The second-order valence-corrected chi connectivity index (χ2v) is 8.25. The van der Waals surface area contributed by atoms with E-state index in [1.807, 2.05) is 0 Å². The zero-order valence-corrected chi connectivity index (χ0v) is 16.2. The van der Waals surface area contributed by atoms with Crippen LogP contribution in [-0.2, 0) is 10.0 Å². The topological polar surface area (TPSA) is 95.3 Å². The summed E-state index contributed by atoms with van der Waals surface area (Å²) in [6.45, 7) is 0. The van der Waals surface area contributed by atoms with E-state index < -0.39 is 26.5 Å². The van der Waals surface area contributed by atoms with Crippen LogP contribution in [0.15, 0.2) is 65.7 Å². The molecule has 0 atom stereocenters. The monoisotopic (exact) mass is 490 g/mol. The molecule has 0 saturated carbocycles. The molecule has 130 valence electrons. The van der Waals surface area contributed by atoms with Crippen LogP contribution in [0, 0.1) is 5.82 Å². The lowest BCUT2D eigenvalue weighted by Gasteiger charge is -2.09. The number of rotatable bonds is 3. The third-order valence-corrected chi connectivity index (χ3v) is 6.21. The van der Waals surface area contributed by atoms with E-state index in [2.05, 4.69) is 31.9 Å². The highest BCUT2D eigenvalue weighted by Crippen LogP contribution is 2.29. The summed E-state index contributed by atoms with van der Waals surface area (Å²) in [5, 5.41) is 4.95. The summed E-state index contributed by atoms with van der Waals surface area (Å²) in [6.07, 6.45) is 1.17. The molecule has 3 aromatic rings. The molecule has 1 heterocycles. The molecule has 0 saturated heterocycles. The lowest BCUT2D eigenvalue weighted by molar-refractivity contribution is 0.504. The van der Waals surface area contributed by atoms with Crippen molar-refractivity contribution in [3.05, 3.63) is 68.0 Å². The molecular formula is C15H9Br2FN2O4S. The summed E-state index contributed by atoms with van der Waals surface area (Å²) in [6, 6.07) is 8.45. The number of aromatic nitrogens is 1. The first-order valence-electron chi connectivity index (χ1n) is 6.67. The van der Waals surface area contributed by atoms with E-state index in [-0.39, 0.29) is 11.3 Å². The highest BCUT2D eigenvalue weighted by atomic mass is 79.9. The lowest BCUT2D eigenvalue weighted by atomic mass is 10.1. The van der Waals surface area contributed by atoms with E-state index in [0.29, 0.717) is 10.2 Å². The van der Waals surface area contributed by atoms with E-state index in [1.165, 1.54) is 16.9 Å². The number of sulfonamides is 1. The average Bonchev–Trinajstić information content (AvgIpc) is 2.90. The van der Waals surface area contributed by atoms with E-state index in [4.69, 9.17) is 9.56 Å². The Labute approximate surface area is 158 Å². The number of primary sulfonamides is 1. The van der Waals surface area contributed by atoms with Gasteiger partial charge in [-0.1, -0.05) is 6.07 Å². The average molecular weight is 492 g/mol. The van der Waals surface area contributed by atoms with Gasteiger partial charge in [-0.05, 0) is 62.2 Å². The van der Waals surface area contributed by atoms with Crippen LogP contribution in [0.1, 0.15) is 0 Å². The molecule has 0 bridgehead atoms. The van der Waals surface area contributed by atoms with Crippen molar-refractivity contribution in [1.29, 1.82) is 0 Å². The van der Waals surface area contributed by atoms with Gasteiger partial charge in [-0.15, -0.1) is 0 Å². The standard InChI is InChI=1S/C15H9Br2FN2O4S/c16-10-3-2-9(6-11(10)17)20-13(7-24-15(20)21)8-1-4-14(12(18)5-8)25(19,22)23/h1-7H,(H2,19,22,23). The molecule has 0 radical (unpaired) electrons.